The van der Waals surface area contributed by atoms with Crippen molar-refractivity contribution in [3.05, 3.63) is 29.3 Å². The predicted molar refractivity (Wildman–Crippen MR) is 77.7 cm³/mol. The molecule has 2 heterocycles. The zero-order valence-corrected chi connectivity index (χ0v) is 11.7. The lowest BCUT2D eigenvalue weighted by Gasteiger charge is -2.14. The summed E-state index contributed by atoms with van der Waals surface area (Å²) in [6.45, 7) is 0. The molecule has 1 fully saturated rings. The van der Waals surface area contributed by atoms with Gasteiger partial charge in [0.05, 0.1) is 5.02 Å². The highest BCUT2D eigenvalue weighted by Gasteiger charge is 2.18. The Morgan fingerprint density at radius 1 is 1.42 bits per heavy atom. The molecule has 2 aromatic rings. The van der Waals surface area contributed by atoms with Crippen molar-refractivity contribution in [1.82, 2.24) is 5.16 Å². The molecule has 1 saturated heterocycles. The summed E-state index contributed by atoms with van der Waals surface area (Å²) < 4.78 is 10.7. The quantitative estimate of drug-likeness (QED) is 0.940. The van der Waals surface area contributed by atoms with Gasteiger partial charge in [-0.25, -0.2) is 0 Å². The zero-order valence-electron chi connectivity index (χ0n) is 10.1. The summed E-state index contributed by atoms with van der Waals surface area (Å²) in [4.78, 5) is 0. The van der Waals surface area contributed by atoms with Crippen molar-refractivity contribution in [2.24, 2.45) is 0 Å². The van der Waals surface area contributed by atoms with E-state index in [4.69, 9.17) is 26.6 Å². The van der Waals surface area contributed by atoms with Crippen LogP contribution >= 0.6 is 23.4 Å². The number of ether oxygens (including phenoxy) is 1. The fourth-order valence-electron chi connectivity index (χ4n) is 1.97. The molecule has 3 rings (SSSR count). The van der Waals surface area contributed by atoms with Gasteiger partial charge in [0.2, 0.25) is 5.88 Å². The van der Waals surface area contributed by atoms with E-state index in [2.05, 4.69) is 5.16 Å². The van der Waals surface area contributed by atoms with Crippen molar-refractivity contribution >= 4 is 29.2 Å². The van der Waals surface area contributed by atoms with Crippen LogP contribution in [0.15, 0.2) is 28.8 Å². The van der Waals surface area contributed by atoms with Crippen molar-refractivity contribution < 1.29 is 9.26 Å². The average Bonchev–Trinajstić information content (AvgIpc) is 3.03. The zero-order chi connectivity index (χ0) is 13.2. The number of halogens is 1. The Morgan fingerprint density at radius 3 is 2.95 bits per heavy atom. The summed E-state index contributed by atoms with van der Waals surface area (Å²) in [7, 11) is 0. The summed E-state index contributed by atoms with van der Waals surface area (Å²) >= 11 is 8.15. The number of nitrogens with two attached hydrogens (primary N) is 1. The second-order valence-corrected chi connectivity index (χ2v) is 5.92. The Bertz CT molecular complexity index is 582. The molecule has 6 heteroatoms. The second-order valence-electron chi connectivity index (χ2n) is 4.36. The van der Waals surface area contributed by atoms with Crippen LogP contribution in [-0.2, 0) is 0 Å². The summed E-state index contributed by atoms with van der Waals surface area (Å²) in [5.41, 5.74) is 7.03. The number of anilines is 1. The van der Waals surface area contributed by atoms with E-state index in [0.29, 0.717) is 10.7 Å². The Labute approximate surface area is 120 Å². The molecule has 0 amide bonds. The first-order chi connectivity index (χ1) is 9.22. The van der Waals surface area contributed by atoms with E-state index >= 15 is 0 Å². The van der Waals surface area contributed by atoms with Crippen molar-refractivity contribution in [2.75, 3.05) is 17.2 Å². The molecule has 100 valence electrons. The normalized spacial score (nSPS) is 18.7. The third kappa shape index (κ3) is 2.82. The van der Waals surface area contributed by atoms with Crippen LogP contribution in [0.25, 0.3) is 11.3 Å². The molecular weight excluding hydrogens is 284 g/mol. The number of aromatic nitrogens is 1. The second kappa shape index (κ2) is 5.35. The molecule has 2 N–H and O–H groups in total. The summed E-state index contributed by atoms with van der Waals surface area (Å²) in [5.74, 6) is 3.18. The van der Waals surface area contributed by atoms with Gasteiger partial charge in [-0.05, 0) is 30.4 Å². The van der Waals surface area contributed by atoms with Crippen molar-refractivity contribution in [2.45, 2.75) is 12.5 Å². The van der Waals surface area contributed by atoms with Gasteiger partial charge in [-0.3, -0.25) is 0 Å². The molecule has 0 radical (unpaired) electrons. The summed E-state index contributed by atoms with van der Waals surface area (Å²) in [6, 6.07) is 7.25. The number of nitrogens with zero attached hydrogens (tertiary/aromatic N) is 1. The van der Waals surface area contributed by atoms with Gasteiger partial charge in [-0.15, -0.1) is 0 Å². The molecule has 1 atom stereocenters. The van der Waals surface area contributed by atoms with Crippen LogP contribution in [0.2, 0.25) is 5.02 Å². The van der Waals surface area contributed by atoms with Crippen LogP contribution in [0.1, 0.15) is 6.42 Å². The molecule has 1 aromatic carbocycles. The molecular formula is C13H13ClN2O2S. The summed E-state index contributed by atoms with van der Waals surface area (Å²) in [6.07, 6.45) is 1.33. The van der Waals surface area contributed by atoms with Crippen molar-refractivity contribution in [1.29, 1.82) is 0 Å². The minimum absolute atomic E-state index is 0.260. The van der Waals surface area contributed by atoms with Gasteiger partial charge < -0.3 is 15.0 Å². The highest BCUT2D eigenvalue weighted by Crippen LogP contribution is 2.32. The molecule has 0 aliphatic carbocycles. The van der Waals surface area contributed by atoms with E-state index in [1.165, 1.54) is 0 Å². The van der Waals surface area contributed by atoms with Crippen LogP contribution in [0.5, 0.6) is 5.75 Å². The number of benzene rings is 1. The molecule has 0 saturated carbocycles. The number of thioether (sulfide) groups is 1. The summed E-state index contributed by atoms with van der Waals surface area (Å²) in [5, 5.41) is 4.44. The first-order valence-corrected chi connectivity index (χ1v) is 7.52. The van der Waals surface area contributed by atoms with Crippen LogP contribution < -0.4 is 10.5 Å². The van der Waals surface area contributed by atoms with E-state index in [0.717, 1.165) is 29.2 Å². The van der Waals surface area contributed by atoms with E-state index in [1.54, 1.807) is 6.07 Å². The number of rotatable bonds is 3. The average molecular weight is 297 g/mol. The molecule has 1 aromatic heterocycles. The van der Waals surface area contributed by atoms with E-state index in [1.807, 2.05) is 30.0 Å². The Balaban J connectivity index is 1.81. The van der Waals surface area contributed by atoms with Crippen molar-refractivity contribution in [3.8, 4) is 17.0 Å². The largest absolute Gasteiger partial charge is 0.488 e. The topological polar surface area (TPSA) is 61.3 Å². The first-order valence-electron chi connectivity index (χ1n) is 5.99. The molecule has 1 unspecified atom stereocenters. The lowest BCUT2D eigenvalue weighted by Crippen LogP contribution is -2.14. The molecule has 0 bridgehead atoms. The SMILES string of the molecule is Nc1cc(-c2ccc(OC3CCSC3)c(Cl)c2)no1. The lowest BCUT2D eigenvalue weighted by molar-refractivity contribution is 0.229. The monoisotopic (exact) mass is 296 g/mol. The maximum atomic E-state index is 6.24. The van der Waals surface area contributed by atoms with Crippen molar-refractivity contribution in [3.63, 3.8) is 0 Å². The van der Waals surface area contributed by atoms with E-state index in [-0.39, 0.29) is 12.0 Å². The van der Waals surface area contributed by atoms with Gasteiger partial charge in [0.25, 0.3) is 0 Å². The number of hydrogen-bond acceptors (Lipinski definition) is 5. The van der Waals surface area contributed by atoms with Crippen LogP contribution in [0, 0.1) is 0 Å². The van der Waals surface area contributed by atoms with Gasteiger partial charge in [-0.1, -0.05) is 16.8 Å². The van der Waals surface area contributed by atoms with Gasteiger partial charge >= 0.3 is 0 Å². The van der Waals surface area contributed by atoms with Crippen LogP contribution in [-0.4, -0.2) is 22.8 Å². The van der Waals surface area contributed by atoms with Gasteiger partial charge in [0.1, 0.15) is 17.5 Å². The number of nitrogen functional groups attached to an aromatic ring is 1. The van der Waals surface area contributed by atoms with E-state index in [9.17, 15) is 0 Å². The lowest BCUT2D eigenvalue weighted by atomic mass is 10.1. The first kappa shape index (κ1) is 12.7. The third-order valence-corrected chi connectivity index (χ3v) is 4.36. The fraction of sp³-hybridized carbons (Fsp3) is 0.308. The highest BCUT2D eigenvalue weighted by molar-refractivity contribution is 7.99. The van der Waals surface area contributed by atoms with E-state index < -0.39 is 0 Å². The maximum Gasteiger partial charge on any atom is 0.222 e. The van der Waals surface area contributed by atoms with Gasteiger partial charge in [0.15, 0.2) is 0 Å². The highest BCUT2D eigenvalue weighted by atomic mass is 35.5. The number of hydrogen-bond donors (Lipinski definition) is 1. The van der Waals surface area contributed by atoms with Crippen LogP contribution in [0.3, 0.4) is 0 Å². The molecule has 4 nitrogen and oxygen atoms in total. The standard InChI is InChI=1S/C13H13ClN2O2S/c14-10-5-8(11-6-13(15)18-16-11)1-2-12(10)17-9-3-4-19-7-9/h1-2,5-6,9H,3-4,7,15H2. The Kier molecular flexibility index (Phi) is 3.57. The van der Waals surface area contributed by atoms with Crippen LogP contribution in [0.4, 0.5) is 5.88 Å². The van der Waals surface area contributed by atoms with Gasteiger partial charge in [-0.2, -0.15) is 11.8 Å². The third-order valence-electron chi connectivity index (χ3n) is 2.94. The Hall–Kier alpha value is -1.33. The minimum atomic E-state index is 0.260. The fourth-order valence-corrected chi connectivity index (χ4v) is 3.29. The predicted octanol–water partition coefficient (Wildman–Crippen LogP) is 3.46. The molecule has 0 spiro atoms. The minimum Gasteiger partial charge on any atom is -0.488 e. The smallest absolute Gasteiger partial charge is 0.222 e. The molecule has 1 aliphatic heterocycles. The molecule has 19 heavy (non-hydrogen) atoms. The van der Waals surface area contributed by atoms with Gasteiger partial charge in [0, 0.05) is 17.4 Å². The maximum absolute atomic E-state index is 6.24. The Morgan fingerprint density at radius 2 is 2.32 bits per heavy atom. The molecule has 1 aliphatic rings.